The number of aryl methyl sites for hydroxylation is 1. The molecule has 0 bridgehead atoms. The second kappa shape index (κ2) is 6.26. The van der Waals surface area contributed by atoms with Gasteiger partial charge in [-0.15, -0.1) is 0 Å². The maximum Gasteiger partial charge on any atom is 0.251 e. The van der Waals surface area contributed by atoms with Gasteiger partial charge >= 0.3 is 0 Å². The van der Waals surface area contributed by atoms with Crippen LogP contribution in [0.4, 0.5) is 5.69 Å². The lowest BCUT2D eigenvalue weighted by Gasteiger charge is -2.37. The van der Waals surface area contributed by atoms with Crippen molar-refractivity contribution in [1.29, 1.82) is 0 Å². The summed E-state index contributed by atoms with van der Waals surface area (Å²) in [5.74, 6) is -0.167. The summed E-state index contributed by atoms with van der Waals surface area (Å²) in [6.45, 7) is 4.34. The van der Waals surface area contributed by atoms with Crippen molar-refractivity contribution in [2.24, 2.45) is 5.73 Å². The Labute approximate surface area is 125 Å². The number of nitrogens with one attached hydrogen (secondary N) is 2. The summed E-state index contributed by atoms with van der Waals surface area (Å²) >= 11 is 0. The average Bonchev–Trinajstić information content (AvgIpc) is 2.39. The highest BCUT2D eigenvalue weighted by molar-refractivity contribution is 5.96. The van der Waals surface area contributed by atoms with Crippen LogP contribution in [0.3, 0.4) is 0 Å². The van der Waals surface area contributed by atoms with E-state index < -0.39 is 0 Å². The number of nitrogens with two attached hydrogens (primary N) is 1. The van der Waals surface area contributed by atoms with E-state index in [1.54, 1.807) is 18.2 Å². The Kier molecular flexibility index (Phi) is 4.63. The minimum absolute atomic E-state index is 0.0638. The molecule has 0 unspecified atom stereocenters. The van der Waals surface area contributed by atoms with Gasteiger partial charge in [-0.1, -0.05) is 0 Å². The molecule has 0 aliphatic heterocycles. The van der Waals surface area contributed by atoms with E-state index in [1.807, 2.05) is 13.8 Å². The van der Waals surface area contributed by atoms with Gasteiger partial charge in [0.15, 0.2) is 0 Å². The summed E-state index contributed by atoms with van der Waals surface area (Å²) in [5, 5.41) is 5.63. The first kappa shape index (κ1) is 15.5. The van der Waals surface area contributed by atoms with E-state index in [-0.39, 0.29) is 17.4 Å². The summed E-state index contributed by atoms with van der Waals surface area (Å²) < 4.78 is 0. The molecule has 0 spiro atoms. The standard InChI is InChI=1S/C16H23N3O2/c1-3-18-15(21)12-5-6-13(11(2)9-12)19-14(20)10-16(17)7-4-8-16/h5-6,9H,3-4,7-8,10,17H2,1-2H3,(H,18,21)(H,19,20). The summed E-state index contributed by atoms with van der Waals surface area (Å²) in [5.41, 5.74) is 7.96. The van der Waals surface area contributed by atoms with Gasteiger partial charge < -0.3 is 16.4 Å². The van der Waals surface area contributed by atoms with E-state index in [0.29, 0.717) is 18.5 Å². The van der Waals surface area contributed by atoms with Crippen molar-refractivity contribution in [3.63, 3.8) is 0 Å². The predicted molar refractivity (Wildman–Crippen MR) is 83.2 cm³/mol. The van der Waals surface area contributed by atoms with Crippen LogP contribution in [0.2, 0.25) is 0 Å². The zero-order chi connectivity index (χ0) is 15.5. The molecule has 2 amide bonds. The lowest BCUT2D eigenvalue weighted by molar-refractivity contribution is -0.118. The Hall–Kier alpha value is -1.88. The van der Waals surface area contributed by atoms with Crippen molar-refractivity contribution in [2.45, 2.75) is 45.1 Å². The average molecular weight is 289 g/mol. The van der Waals surface area contributed by atoms with Gasteiger partial charge in [-0.25, -0.2) is 0 Å². The van der Waals surface area contributed by atoms with Crippen LogP contribution < -0.4 is 16.4 Å². The topological polar surface area (TPSA) is 84.2 Å². The van der Waals surface area contributed by atoms with E-state index in [9.17, 15) is 9.59 Å². The molecule has 1 fully saturated rings. The quantitative estimate of drug-likeness (QED) is 0.774. The summed E-state index contributed by atoms with van der Waals surface area (Å²) in [6.07, 6.45) is 3.28. The van der Waals surface area contributed by atoms with Crippen LogP contribution in [0, 0.1) is 6.92 Å². The normalized spacial score (nSPS) is 16.0. The Balaban J connectivity index is 2.00. The SMILES string of the molecule is CCNC(=O)c1ccc(NC(=O)CC2(N)CCC2)c(C)c1. The smallest absolute Gasteiger partial charge is 0.251 e. The van der Waals surface area contributed by atoms with E-state index in [1.165, 1.54) is 0 Å². The van der Waals surface area contributed by atoms with E-state index in [4.69, 9.17) is 5.73 Å². The van der Waals surface area contributed by atoms with Crippen LogP contribution in [0.15, 0.2) is 18.2 Å². The third-order valence-corrected chi connectivity index (χ3v) is 3.96. The van der Waals surface area contributed by atoms with Gasteiger partial charge in [-0.2, -0.15) is 0 Å². The third kappa shape index (κ3) is 3.82. The minimum Gasteiger partial charge on any atom is -0.352 e. The molecule has 114 valence electrons. The highest BCUT2D eigenvalue weighted by Crippen LogP contribution is 2.32. The van der Waals surface area contributed by atoms with Crippen LogP contribution in [-0.2, 0) is 4.79 Å². The van der Waals surface area contributed by atoms with Crippen molar-refractivity contribution in [3.05, 3.63) is 29.3 Å². The van der Waals surface area contributed by atoms with Gasteiger partial charge in [0, 0.05) is 29.8 Å². The molecular weight excluding hydrogens is 266 g/mol. The highest BCUT2D eigenvalue weighted by atomic mass is 16.2. The van der Waals surface area contributed by atoms with Gasteiger partial charge in [-0.05, 0) is 56.9 Å². The molecule has 2 rings (SSSR count). The number of benzene rings is 1. The number of carbonyl (C=O) groups is 2. The largest absolute Gasteiger partial charge is 0.352 e. The van der Waals surface area contributed by atoms with Gasteiger partial charge in [-0.3, -0.25) is 9.59 Å². The van der Waals surface area contributed by atoms with Crippen LogP contribution in [-0.4, -0.2) is 23.9 Å². The van der Waals surface area contributed by atoms with Crippen molar-refractivity contribution in [3.8, 4) is 0 Å². The molecule has 0 saturated heterocycles. The molecule has 0 aromatic heterocycles. The molecular formula is C16H23N3O2. The zero-order valence-electron chi connectivity index (χ0n) is 12.7. The maximum absolute atomic E-state index is 12.0. The summed E-state index contributed by atoms with van der Waals surface area (Å²) in [7, 11) is 0. The minimum atomic E-state index is -0.320. The number of anilines is 1. The van der Waals surface area contributed by atoms with Gasteiger partial charge in [0.2, 0.25) is 5.91 Å². The number of hydrogen-bond acceptors (Lipinski definition) is 3. The number of hydrogen-bond donors (Lipinski definition) is 3. The fraction of sp³-hybridized carbons (Fsp3) is 0.500. The Morgan fingerprint density at radius 3 is 2.57 bits per heavy atom. The summed E-state index contributed by atoms with van der Waals surface area (Å²) in [6, 6.07) is 5.26. The van der Waals surface area contributed by atoms with Crippen molar-refractivity contribution >= 4 is 17.5 Å². The maximum atomic E-state index is 12.0. The molecule has 1 aliphatic rings. The first-order valence-electron chi connectivity index (χ1n) is 7.41. The second-order valence-corrected chi connectivity index (χ2v) is 5.83. The predicted octanol–water partition coefficient (Wildman–Crippen LogP) is 1.95. The first-order valence-corrected chi connectivity index (χ1v) is 7.41. The van der Waals surface area contributed by atoms with Crippen LogP contribution in [0.25, 0.3) is 0 Å². The highest BCUT2D eigenvalue weighted by Gasteiger charge is 2.34. The lowest BCUT2D eigenvalue weighted by Crippen LogP contribution is -2.48. The van der Waals surface area contributed by atoms with Crippen LogP contribution >= 0.6 is 0 Å². The Morgan fingerprint density at radius 2 is 2.05 bits per heavy atom. The van der Waals surface area contributed by atoms with Crippen molar-refractivity contribution in [2.75, 3.05) is 11.9 Å². The Morgan fingerprint density at radius 1 is 1.33 bits per heavy atom. The fourth-order valence-corrected chi connectivity index (χ4v) is 2.53. The molecule has 0 radical (unpaired) electrons. The second-order valence-electron chi connectivity index (χ2n) is 5.83. The van der Waals surface area contributed by atoms with E-state index in [0.717, 1.165) is 30.5 Å². The van der Waals surface area contributed by atoms with Crippen molar-refractivity contribution < 1.29 is 9.59 Å². The summed E-state index contributed by atoms with van der Waals surface area (Å²) in [4.78, 5) is 23.8. The van der Waals surface area contributed by atoms with Crippen molar-refractivity contribution in [1.82, 2.24) is 5.32 Å². The molecule has 5 heteroatoms. The molecule has 1 aromatic carbocycles. The molecule has 1 aromatic rings. The number of amides is 2. The zero-order valence-corrected chi connectivity index (χ0v) is 12.7. The fourth-order valence-electron chi connectivity index (χ4n) is 2.53. The lowest BCUT2D eigenvalue weighted by atomic mass is 9.75. The third-order valence-electron chi connectivity index (χ3n) is 3.96. The Bertz CT molecular complexity index is 550. The molecule has 0 atom stereocenters. The molecule has 21 heavy (non-hydrogen) atoms. The van der Waals surface area contributed by atoms with Gasteiger partial charge in [0.1, 0.15) is 0 Å². The molecule has 0 heterocycles. The van der Waals surface area contributed by atoms with Crippen LogP contribution in [0.1, 0.15) is 48.5 Å². The van der Waals surface area contributed by atoms with Gasteiger partial charge in [0.05, 0.1) is 0 Å². The monoisotopic (exact) mass is 289 g/mol. The number of rotatable bonds is 5. The first-order chi connectivity index (χ1) is 9.93. The van der Waals surface area contributed by atoms with Gasteiger partial charge in [0.25, 0.3) is 5.91 Å². The molecule has 1 saturated carbocycles. The van der Waals surface area contributed by atoms with Crippen LogP contribution in [0.5, 0.6) is 0 Å². The molecule has 4 N–H and O–H groups in total. The molecule has 1 aliphatic carbocycles. The number of carbonyl (C=O) groups excluding carboxylic acids is 2. The van der Waals surface area contributed by atoms with E-state index >= 15 is 0 Å². The van der Waals surface area contributed by atoms with E-state index in [2.05, 4.69) is 10.6 Å². The molecule has 5 nitrogen and oxygen atoms in total.